The van der Waals surface area contributed by atoms with E-state index in [0.29, 0.717) is 0 Å². The third-order valence-electron chi connectivity index (χ3n) is 16.6. The monoisotopic (exact) mass is 874 g/mol. The van der Waals surface area contributed by atoms with E-state index >= 15 is 0 Å². The van der Waals surface area contributed by atoms with Gasteiger partial charge in [-0.2, -0.15) is 0 Å². The van der Waals surface area contributed by atoms with E-state index in [4.69, 9.17) is 8.83 Å². The smallest absolute Gasteiger partial charge is 0.333 e. The van der Waals surface area contributed by atoms with Crippen LogP contribution in [0, 0.1) is 0 Å². The summed E-state index contributed by atoms with van der Waals surface area (Å²) < 4.78 is 14.0. The Kier molecular flexibility index (Phi) is 7.46. The van der Waals surface area contributed by atoms with Crippen molar-refractivity contribution in [1.29, 1.82) is 0 Å². The summed E-state index contributed by atoms with van der Waals surface area (Å²) in [6.45, 7) is 9.49. The lowest BCUT2D eigenvalue weighted by Crippen LogP contribution is -2.62. The number of anilines is 5. The molecule has 15 rings (SSSR count). The van der Waals surface area contributed by atoms with E-state index in [-0.39, 0.29) is 17.7 Å². The summed E-state index contributed by atoms with van der Waals surface area (Å²) >= 11 is 0. The molecule has 0 unspecified atom stereocenters. The number of hydrogen-bond acceptors (Lipinski definition) is 4. The van der Waals surface area contributed by atoms with E-state index in [2.05, 4.69) is 225 Å². The number of nitrogens with zero attached hydrogens (tertiary/aromatic N) is 2. The zero-order valence-corrected chi connectivity index (χ0v) is 38.6. The van der Waals surface area contributed by atoms with Gasteiger partial charge in [0.1, 0.15) is 22.3 Å². The van der Waals surface area contributed by atoms with Crippen molar-refractivity contribution in [2.75, 3.05) is 9.71 Å². The molecular formula is C63H47BN2O2. The van der Waals surface area contributed by atoms with Crippen LogP contribution >= 0.6 is 0 Å². The Morgan fingerprint density at radius 2 is 1.12 bits per heavy atom. The first-order valence-electron chi connectivity index (χ1n) is 24.3. The Morgan fingerprint density at radius 3 is 1.88 bits per heavy atom. The highest BCUT2D eigenvalue weighted by Gasteiger charge is 2.54. The Balaban J connectivity index is 1.15. The SMILES string of the molecule is CC1(C)CCC(C)(C)c2cc(N3B4c5cccc6c5N(c5ccccc5C6(c5ccccc5)c5ccccc5)c5cc6c(oc7ccccc76)c(c54)-c4ccc5oc6ccccc6c5c43)ccc21. The highest BCUT2D eigenvalue weighted by atomic mass is 16.3. The van der Waals surface area contributed by atoms with Crippen LogP contribution in [-0.2, 0) is 16.2 Å². The molecule has 9 aromatic carbocycles. The molecular weight excluding hydrogens is 828 g/mol. The van der Waals surface area contributed by atoms with Gasteiger partial charge in [-0.15, -0.1) is 0 Å². The minimum absolute atomic E-state index is 0.00128. The molecule has 0 saturated carbocycles. The molecule has 4 nitrogen and oxygen atoms in total. The molecule has 3 aliphatic heterocycles. The van der Waals surface area contributed by atoms with Crippen LogP contribution in [0.25, 0.3) is 55.0 Å². The third kappa shape index (κ3) is 4.76. The number of rotatable bonds is 3. The van der Waals surface area contributed by atoms with Crippen LogP contribution in [0.4, 0.5) is 28.4 Å². The fraction of sp³-hybridized carbons (Fsp3) is 0.143. The van der Waals surface area contributed by atoms with Crippen LogP contribution in [0.5, 0.6) is 0 Å². The van der Waals surface area contributed by atoms with Gasteiger partial charge < -0.3 is 18.5 Å². The van der Waals surface area contributed by atoms with Crippen molar-refractivity contribution in [3.05, 3.63) is 221 Å². The van der Waals surface area contributed by atoms with Gasteiger partial charge in [0, 0.05) is 50.0 Å². The molecule has 2 aromatic heterocycles. The number of fused-ring (bicyclic) bond motifs is 15. The maximum atomic E-state index is 7.18. The second-order valence-corrected chi connectivity index (χ2v) is 20.9. The second kappa shape index (κ2) is 13.2. The van der Waals surface area contributed by atoms with Crippen molar-refractivity contribution in [2.24, 2.45) is 0 Å². The van der Waals surface area contributed by atoms with Crippen molar-refractivity contribution < 1.29 is 8.83 Å². The molecule has 0 N–H and O–H groups in total. The fourth-order valence-corrected chi connectivity index (χ4v) is 13.4. The minimum atomic E-state index is -0.624. The van der Waals surface area contributed by atoms with Crippen LogP contribution in [0.1, 0.15) is 73.9 Å². The molecule has 68 heavy (non-hydrogen) atoms. The van der Waals surface area contributed by atoms with E-state index in [0.717, 1.165) is 73.5 Å². The lowest BCUT2D eigenvalue weighted by Gasteiger charge is -2.52. The average molecular weight is 875 g/mol. The topological polar surface area (TPSA) is 32.8 Å². The maximum absolute atomic E-state index is 7.18. The number of para-hydroxylation sites is 4. The van der Waals surface area contributed by atoms with E-state index in [1.54, 1.807) is 0 Å². The predicted molar refractivity (Wildman–Crippen MR) is 282 cm³/mol. The molecule has 0 spiro atoms. The summed E-state index contributed by atoms with van der Waals surface area (Å²) in [6.07, 6.45) is 2.29. The standard InChI is InChI=1S/C63H47BN2O2/c1-61(2)34-35-62(3,4)48-36-40(30-32-45(48)61)66-58-43(31-33-54-55(58)42-23-12-16-29-53(42)67-54)56-57-51(37-44-41-22-11-15-28-52(41)68-60(44)56)65-50-27-14-13-24-46(50)63(38-18-7-5-8-19-38,39-20-9-6-10-21-39)47-25-17-26-49(59(47)65)64(57)66/h5-33,36-37H,34-35H2,1-4H3. The van der Waals surface area contributed by atoms with Gasteiger partial charge in [-0.25, -0.2) is 0 Å². The first kappa shape index (κ1) is 38.4. The van der Waals surface area contributed by atoms with Crippen LogP contribution in [0.3, 0.4) is 0 Å². The largest absolute Gasteiger partial charge is 0.456 e. The Labute approximate surface area is 396 Å². The number of benzene rings is 9. The summed E-state index contributed by atoms with van der Waals surface area (Å²) in [5.74, 6) is 0. The number of hydrogen-bond donors (Lipinski definition) is 0. The summed E-state index contributed by atoms with van der Waals surface area (Å²) in [6, 6.07) is 70.2. The molecule has 0 amide bonds. The lowest BCUT2D eigenvalue weighted by molar-refractivity contribution is 0.332. The highest BCUT2D eigenvalue weighted by molar-refractivity contribution is 6.94. The van der Waals surface area contributed by atoms with Crippen molar-refractivity contribution in [3.63, 3.8) is 0 Å². The van der Waals surface area contributed by atoms with Crippen molar-refractivity contribution in [2.45, 2.75) is 56.8 Å². The molecule has 1 aliphatic carbocycles. The molecule has 4 aliphatic rings. The Morgan fingerprint density at radius 1 is 0.471 bits per heavy atom. The van der Waals surface area contributed by atoms with Crippen molar-refractivity contribution >= 4 is 90.1 Å². The minimum Gasteiger partial charge on any atom is -0.456 e. The van der Waals surface area contributed by atoms with Gasteiger partial charge >= 0.3 is 6.85 Å². The summed E-state index contributed by atoms with van der Waals surface area (Å²) in [7, 11) is 0. The molecule has 0 radical (unpaired) electrons. The normalized spacial score (nSPS) is 16.7. The maximum Gasteiger partial charge on any atom is 0.333 e. The summed E-state index contributed by atoms with van der Waals surface area (Å²) in [5, 5.41) is 4.46. The highest BCUT2D eigenvalue weighted by Crippen LogP contribution is 2.61. The third-order valence-corrected chi connectivity index (χ3v) is 16.6. The van der Waals surface area contributed by atoms with Crippen LogP contribution in [0.2, 0.25) is 0 Å². The van der Waals surface area contributed by atoms with Gasteiger partial charge in [0.2, 0.25) is 0 Å². The van der Waals surface area contributed by atoms with E-state index in [1.165, 1.54) is 67.1 Å². The molecule has 5 heteroatoms. The van der Waals surface area contributed by atoms with Gasteiger partial charge in [-0.05, 0) is 117 Å². The van der Waals surface area contributed by atoms with Crippen LogP contribution in [-0.4, -0.2) is 6.85 Å². The summed E-state index contributed by atoms with van der Waals surface area (Å²) in [4.78, 5) is 5.33. The van der Waals surface area contributed by atoms with E-state index < -0.39 is 5.41 Å². The first-order valence-corrected chi connectivity index (χ1v) is 24.3. The van der Waals surface area contributed by atoms with Gasteiger partial charge in [0.25, 0.3) is 0 Å². The van der Waals surface area contributed by atoms with Gasteiger partial charge in [0.05, 0.1) is 16.5 Å². The molecule has 5 heterocycles. The molecule has 324 valence electrons. The predicted octanol–water partition coefficient (Wildman–Crippen LogP) is 15.2. The summed E-state index contributed by atoms with van der Waals surface area (Å²) in [5.41, 5.74) is 21.6. The Bertz CT molecular complexity index is 3910. The van der Waals surface area contributed by atoms with Crippen molar-refractivity contribution in [3.8, 4) is 11.1 Å². The molecule has 0 fully saturated rings. The second-order valence-electron chi connectivity index (χ2n) is 20.9. The Hall–Kier alpha value is -7.76. The van der Waals surface area contributed by atoms with Crippen molar-refractivity contribution in [1.82, 2.24) is 0 Å². The molecule has 11 aromatic rings. The van der Waals surface area contributed by atoms with Gasteiger partial charge in [-0.1, -0.05) is 167 Å². The quantitative estimate of drug-likeness (QED) is 0.166. The zero-order chi connectivity index (χ0) is 45.3. The lowest BCUT2D eigenvalue weighted by atomic mass is 9.42. The average Bonchev–Trinajstić information content (AvgIpc) is 3.95. The van der Waals surface area contributed by atoms with Gasteiger partial charge in [0.15, 0.2) is 0 Å². The zero-order valence-electron chi connectivity index (χ0n) is 38.6. The van der Waals surface area contributed by atoms with E-state index in [9.17, 15) is 0 Å². The van der Waals surface area contributed by atoms with Crippen LogP contribution < -0.4 is 20.6 Å². The molecule has 0 bridgehead atoms. The van der Waals surface area contributed by atoms with E-state index in [1.807, 2.05) is 0 Å². The number of furan rings is 2. The van der Waals surface area contributed by atoms with Crippen LogP contribution in [0.15, 0.2) is 197 Å². The molecule has 0 saturated heterocycles. The first-order chi connectivity index (χ1) is 33.2. The molecule has 0 atom stereocenters. The van der Waals surface area contributed by atoms with Gasteiger partial charge in [-0.3, -0.25) is 0 Å². The fourth-order valence-electron chi connectivity index (χ4n) is 13.4.